The summed E-state index contributed by atoms with van der Waals surface area (Å²) in [5.74, 6) is 0. The number of aromatic nitrogens is 2. The van der Waals surface area contributed by atoms with Crippen LogP contribution in [-0.4, -0.2) is 9.78 Å². The van der Waals surface area contributed by atoms with E-state index in [4.69, 9.17) is 5.73 Å². The number of aryl methyl sites for hydroxylation is 1. The second-order valence-corrected chi connectivity index (χ2v) is 6.21. The van der Waals surface area contributed by atoms with Gasteiger partial charge in [0.15, 0.2) is 0 Å². The predicted molar refractivity (Wildman–Crippen MR) is 90.2 cm³/mol. The van der Waals surface area contributed by atoms with Crippen molar-refractivity contribution in [3.05, 3.63) is 63.8 Å². The van der Waals surface area contributed by atoms with Crippen molar-refractivity contribution in [2.24, 2.45) is 12.8 Å². The number of nitrogens with zero attached hydrogens (tertiary/aromatic N) is 2. The minimum absolute atomic E-state index is 0.0548. The van der Waals surface area contributed by atoms with Crippen LogP contribution in [0, 0.1) is 6.92 Å². The number of hydrogen-bond donors (Lipinski definition) is 1. The van der Waals surface area contributed by atoms with Gasteiger partial charge >= 0.3 is 0 Å². The molecule has 1 unspecified atom stereocenters. The fraction of sp³-hybridized carbons (Fsp3) is 0.235. The van der Waals surface area contributed by atoms with Crippen molar-refractivity contribution in [3.63, 3.8) is 0 Å². The first-order valence-corrected chi connectivity index (χ1v) is 7.78. The molecule has 0 amide bonds. The van der Waals surface area contributed by atoms with Gasteiger partial charge in [-0.15, -0.1) is 0 Å². The Labute approximate surface area is 132 Å². The van der Waals surface area contributed by atoms with Gasteiger partial charge in [-0.2, -0.15) is 5.10 Å². The van der Waals surface area contributed by atoms with Crippen LogP contribution in [0.5, 0.6) is 0 Å². The summed E-state index contributed by atoms with van der Waals surface area (Å²) in [5, 5.41) is 5.82. The predicted octanol–water partition coefficient (Wildman–Crippen LogP) is 3.89. The molecular weight excluding hydrogens is 326 g/mol. The van der Waals surface area contributed by atoms with E-state index in [1.54, 1.807) is 0 Å². The summed E-state index contributed by atoms with van der Waals surface area (Å²) < 4.78 is 3.02. The molecule has 4 heteroatoms. The summed E-state index contributed by atoms with van der Waals surface area (Å²) in [5.41, 5.74) is 11.0. The van der Waals surface area contributed by atoms with Crippen molar-refractivity contribution in [3.8, 4) is 0 Å². The third-order valence-corrected chi connectivity index (χ3v) is 4.82. The lowest BCUT2D eigenvalue weighted by atomic mass is 9.97. The van der Waals surface area contributed by atoms with E-state index in [1.165, 1.54) is 16.5 Å². The van der Waals surface area contributed by atoms with E-state index in [1.807, 2.05) is 36.0 Å². The summed E-state index contributed by atoms with van der Waals surface area (Å²) in [7, 11) is 1.97. The molecule has 1 atom stereocenters. The molecule has 0 aliphatic carbocycles. The van der Waals surface area contributed by atoms with Gasteiger partial charge in [-0.05, 0) is 30.2 Å². The first-order chi connectivity index (χ1) is 10.1. The highest BCUT2D eigenvalue weighted by atomic mass is 79.9. The van der Waals surface area contributed by atoms with Crippen molar-refractivity contribution in [1.29, 1.82) is 0 Å². The highest BCUT2D eigenvalue weighted by Gasteiger charge is 2.15. The van der Waals surface area contributed by atoms with E-state index in [0.29, 0.717) is 0 Å². The molecule has 1 heterocycles. The van der Waals surface area contributed by atoms with E-state index >= 15 is 0 Å². The Balaban J connectivity index is 1.97. The monoisotopic (exact) mass is 343 g/mol. The highest BCUT2D eigenvalue weighted by molar-refractivity contribution is 9.10. The first kappa shape index (κ1) is 14.3. The molecule has 0 saturated heterocycles. The lowest BCUT2D eigenvalue weighted by molar-refractivity contribution is 0.678. The lowest BCUT2D eigenvalue weighted by Gasteiger charge is -2.14. The fourth-order valence-electron chi connectivity index (χ4n) is 2.78. The largest absolute Gasteiger partial charge is 0.324 e. The number of para-hydroxylation sites is 1. The van der Waals surface area contributed by atoms with Gasteiger partial charge in [0, 0.05) is 29.4 Å². The Hall–Kier alpha value is -1.65. The minimum Gasteiger partial charge on any atom is -0.324 e. The zero-order chi connectivity index (χ0) is 15.0. The van der Waals surface area contributed by atoms with Gasteiger partial charge < -0.3 is 5.73 Å². The van der Waals surface area contributed by atoms with Gasteiger partial charge in [0.1, 0.15) is 0 Å². The molecule has 108 valence electrons. The van der Waals surface area contributed by atoms with Crippen molar-refractivity contribution < 1.29 is 0 Å². The first-order valence-electron chi connectivity index (χ1n) is 6.99. The number of benzene rings is 2. The van der Waals surface area contributed by atoms with Crippen LogP contribution in [-0.2, 0) is 13.5 Å². The van der Waals surface area contributed by atoms with Crippen LogP contribution in [0.2, 0.25) is 0 Å². The SMILES string of the molecule is Cc1c(Br)cccc1C(N)Cc1nn(C)c2ccccc12. The molecule has 3 aromatic rings. The Bertz CT molecular complexity index is 792. The summed E-state index contributed by atoms with van der Waals surface area (Å²) >= 11 is 3.57. The molecule has 3 nitrogen and oxygen atoms in total. The third-order valence-electron chi connectivity index (χ3n) is 3.96. The van der Waals surface area contributed by atoms with Gasteiger partial charge in [0.2, 0.25) is 0 Å². The smallest absolute Gasteiger partial charge is 0.0722 e. The zero-order valence-electron chi connectivity index (χ0n) is 12.2. The Morgan fingerprint density at radius 3 is 2.76 bits per heavy atom. The second-order valence-electron chi connectivity index (χ2n) is 5.35. The molecule has 2 aromatic carbocycles. The van der Waals surface area contributed by atoms with Crippen LogP contribution in [0.3, 0.4) is 0 Å². The molecular formula is C17H18BrN3. The van der Waals surface area contributed by atoms with E-state index in [2.05, 4.69) is 46.2 Å². The van der Waals surface area contributed by atoms with Crippen molar-refractivity contribution in [2.75, 3.05) is 0 Å². The maximum absolute atomic E-state index is 6.43. The normalized spacial score (nSPS) is 12.8. The molecule has 21 heavy (non-hydrogen) atoms. The molecule has 0 radical (unpaired) electrons. The van der Waals surface area contributed by atoms with Crippen molar-refractivity contribution in [2.45, 2.75) is 19.4 Å². The number of rotatable bonds is 3. The second kappa shape index (κ2) is 5.62. The topological polar surface area (TPSA) is 43.8 Å². The van der Waals surface area contributed by atoms with E-state index in [9.17, 15) is 0 Å². The Morgan fingerprint density at radius 1 is 1.19 bits per heavy atom. The molecule has 0 aliphatic rings. The van der Waals surface area contributed by atoms with Crippen LogP contribution < -0.4 is 5.73 Å². The van der Waals surface area contributed by atoms with E-state index in [-0.39, 0.29) is 6.04 Å². The van der Waals surface area contributed by atoms with E-state index < -0.39 is 0 Å². The van der Waals surface area contributed by atoms with Gasteiger partial charge in [0.25, 0.3) is 0 Å². The third kappa shape index (κ3) is 2.61. The Kier molecular flexibility index (Phi) is 3.83. The highest BCUT2D eigenvalue weighted by Crippen LogP contribution is 2.27. The molecule has 0 saturated carbocycles. The van der Waals surface area contributed by atoms with Crippen LogP contribution in [0.25, 0.3) is 10.9 Å². The van der Waals surface area contributed by atoms with Gasteiger partial charge in [-0.25, -0.2) is 0 Å². The number of hydrogen-bond acceptors (Lipinski definition) is 2. The molecule has 1 aromatic heterocycles. The van der Waals surface area contributed by atoms with Gasteiger partial charge in [0.05, 0.1) is 11.2 Å². The van der Waals surface area contributed by atoms with Gasteiger partial charge in [-0.1, -0.05) is 46.3 Å². The zero-order valence-corrected chi connectivity index (χ0v) is 13.8. The van der Waals surface area contributed by atoms with Crippen molar-refractivity contribution >= 4 is 26.8 Å². The van der Waals surface area contributed by atoms with Crippen LogP contribution in [0.1, 0.15) is 22.9 Å². The summed E-state index contributed by atoms with van der Waals surface area (Å²) in [6.45, 7) is 2.09. The lowest BCUT2D eigenvalue weighted by Crippen LogP contribution is -2.15. The fourth-order valence-corrected chi connectivity index (χ4v) is 3.17. The molecule has 0 bridgehead atoms. The minimum atomic E-state index is -0.0548. The summed E-state index contributed by atoms with van der Waals surface area (Å²) in [6.07, 6.45) is 0.735. The average Bonchev–Trinajstić information content (AvgIpc) is 2.79. The molecule has 2 N–H and O–H groups in total. The van der Waals surface area contributed by atoms with Gasteiger partial charge in [-0.3, -0.25) is 4.68 Å². The van der Waals surface area contributed by atoms with Crippen LogP contribution in [0.15, 0.2) is 46.9 Å². The van der Waals surface area contributed by atoms with Crippen LogP contribution >= 0.6 is 15.9 Å². The van der Waals surface area contributed by atoms with Crippen molar-refractivity contribution in [1.82, 2.24) is 9.78 Å². The summed E-state index contributed by atoms with van der Waals surface area (Å²) in [4.78, 5) is 0. The molecule has 0 aliphatic heterocycles. The quantitative estimate of drug-likeness (QED) is 0.783. The average molecular weight is 344 g/mol. The standard InChI is InChI=1S/C17H18BrN3/c1-11-12(7-5-8-14(11)18)15(19)10-16-13-6-3-4-9-17(13)21(2)20-16/h3-9,15H,10,19H2,1-2H3. The molecule has 0 spiro atoms. The molecule has 0 fully saturated rings. The number of nitrogens with two attached hydrogens (primary N) is 1. The summed E-state index contributed by atoms with van der Waals surface area (Å²) in [6, 6.07) is 14.4. The van der Waals surface area contributed by atoms with E-state index in [0.717, 1.165) is 22.1 Å². The molecule has 3 rings (SSSR count). The number of halogens is 1. The maximum Gasteiger partial charge on any atom is 0.0722 e. The Morgan fingerprint density at radius 2 is 1.95 bits per heavy atom. The number of fused-ring (bicyclic) bond motifs is 1. The maximum atomic E-state index is 6.43. The van der Waals surface area contributed by atoms with Crippen LogP contribution in [0.4, 0.5) is 0 Å².